The van der Waals surface area contributed by atoms with Crippen LogP contribution < -0.4 is 0 Å². The van der Waals surface area contributed by atoms with Crippen LogP contribution in [0.1, 0.15) is 0 Å². The molecule has 0 aromatic rings. The van der Waals surface area contributed by atoms with Gasteiger partial charge >= 0.3 is 40.9 Å². The first-order valence-corrected chi connectivity index (χ1v) is 6.43. The zero-order valence-corrected chi connectivity index (χ0v) is 5.68. The van der Waals surface area contributed by atoms with Gasteiger partial charge in [-0.15, -0.1) is 0 Å². The van der Waals surface area contributed by atoms with Gasteiger partial charge in [0.15, 0.2) is 0 Å². The molecular weight excluding hydrogens is 192 g/mol. The average molecular weight is 192 g/mol. The molecule has 0 N–H and O–H groups in total. The second-order valence-corrected chi connectivity index (χ2v) is 6.44. The molecule has 0 aliphatic rings. The summed E-state index contributed by atoms with van der Waals surface area (Å²) < 4.78 is 18.7. The molecule has 5 heteroatoms. The Morgan fingerprint density at radius 3 is 1.80 bits per heavy atom. The summed E-state index contributed by atoms with van der Waals surface area (Å²) >= 11 is 0.893. The van der Waals surface area contributed by atoms with E-state index in [1.165, 1.54) is 0 Å². The minimum atomic E-state index is -3.15. The topological polar surface area (TPSA) is 34.1 Å². The molecule has 2 nitrogen and oxygen atoms in total. The van der Waals surface area contributed by atoms with Gasteiger partial charge in [-0.3, -0.25) is 0 Å². The second kappa shape index (κ2) is 2.94. The van der Waals surface area contributed by atoms with Gasteiger partial charge in [0, 0.05) is 0 Å². The van der Waals surface area contributed by atoms with Crippen molar-refractivity contribution in [3.05, 3.63) is 0 Å². The standard InChI is InChI=1S/Mo.2O.S2/c;;;1-2. The van der Waals surface area contributed by atoms with Gasteiger partial charge in [0.25, 0.3) is 0 Å². The van der Waals surface area contributed by atoms with Gasteiger partial charge in [-0.2, -0.15) is 0 Å². The third-order valence-electron chi connectivity index (χ3n) is 0.0556. The van der Waals surface area contributed by atoms with Crippen LogP contribution >= 0.6 is 0 Å². The van der Waals surface area contributed by atoms with Crippen molar-refractivity contribution in [3.63, 3.8) is 0 Å². The SMILES string of the molecule is [O]=[Mo](=[O])=[S]=S. The molecule has 0 atom stereocenters. The third-order valence-corrected chi connectivity index (χ3v) is 2.96. The first-order valence-electron chi connectivity index (χ1n) is 0.667. The van der Waals surface area contributed by atoms with Gasteiger partial charge in [0.05, 0.1) is 0 Å². The van der Waals surface area contributed by atoms with E-state index in [9.17, 15) is 6.80 Å². The molecule has 0 bridgehead atoms. The summed E-state index contributed by atoms with van der Waals surface area (Å²) in [5.41, 5.74) is 0. The fourth-order valence-corrected chi connectivity index (χ4v) is 0. The van der Waals surface area contributed by atoms with Crippen molar-refractivity contribution in [3.8, 4) is 0 Å². The summed E-state index contributed by atoms with van der Waals surface area (Å²) in [7, 11) is 0.522. The van der Waals surface area contributed by atoms with Crippen molar-refractivity contribution >= 4 is 18.7 Å². The Bertz CT molecular complexity index is 138. The third kappa shape index (κ3) is 4.73. The predicted octanol–water partition coefficient (Wildman–Crippen LogP) is -0.245. The van der Waals surface area contributed by atoms with E-state index in [1.807, 2.05) is 0 Å². The molecule has 0 aromatic heterocycles. The molecular formula is MoO2S2. The average Bonchev–Trinajstić information content (AvgIpc) is 1.38. The van der Waals surface area contributed by atoms with Crippen LogP contribution in [0, 0.1) is 0 Å². The van der Waals surface area contributed by atoms with Gasteiger partial charge in [-0.05, 0) is 0 Å². The van der Waals surface area contributed by atoms with Crippen molar-refractivity contribution < 1.29 is 22.2 Å². The van der Waals surface area contributed by atoms with Gasteiger partial charge in [0.2, 0.25) is 0 Å². The Morgan fingerprint density at radius 1 is 1.60 bits per heavy atom. The van der Waals surface area contributed by atoms with Gasteiger partial charge < -0.3 is 0 Å². The molecule has 0 fully saturated rings. The first-order chi connectivity index (χ1) is 2.27. The minimum absolute atomic E-state index is 0.522. The van der Waals surface area contributed by atoms with E-state index in [0.29, 0.717) is 7.51 Å². The summed E-state index contributed by atoms with van der Waals surface area (Å²) in [6, 6.07) is 0. The quantitative estimate of drug-likeness (QED) is 0.496. The van der Waals surface area contributed by atoms with Crippen LogP contribution in [0.25, 0.3) is 0 Å². The molecule has 0 aliphatic heterocycles. The van der Waals surface area contributed by atoms with Gasteiger partial charge in [0.1, 0.15) is 0 Å². The summed E-state index contributed by atoms with van der Waals surface area (Å²) in [5.74, 6) is 0. The van der Waals surface area contributed by atoms with Crippen LogP contribution in [0.2, 0.25) is 0 Å². The van der Waals surface area contributed by atoms with Crippen molar-refractivity contribution in [2.75, 3.05) is 0 Å². The van der Waals surface area contributed by atoms with Crippen LogP contribution in [0.15, 0.2) is 0 Å². The maximum atomic E-state index is 9.37. The van der Waals surface area contributed by atoms with E-state index in [-0.39, 0.29) is 0 Å². The molecule has 0 saturated carbocycles. The van der Waals surface area contributed by atoms with E-state index in [0.717, 1.165) is 0 Å². The molecule has 0 aromatic carbocycles. The van der Waals surface area contributed by atoms with Gasteiger partial charge in [-0.1, -0.05) is 0 Å². The van der Waals surface area contributed by atoms with Crippen molar-refractivity contribution in [2.45, 2.75) is 0 Å². The van der Waals surface area contributed by atoms with E-state index >= 15 is 0 Å². The zero-order chi connectivity index (χ0) is 4.28. The number of rotatable bonds is 0. The number of hydrogen-bond acceptors (Lipinski definition) is 3. The normalized spacial score (nSPS) is 6.40. The predicted molar refractivity (Wildman–Crippen MR) is 16.1 cm³/mol. The van der Waals surface area contributed by atoms with Crippen LogP contribution in [0.4, 0.5) is 0 Å². The fourth-order valence-electron chi connectivity index (χ4n) is 0. The van der Waals surface area contributed by atoms with Crippen molar-refractivity contribution in [1.82, 2.24) is 0 Å². The molecule has 0 heterocycles. The molecule has 0 unspecified atom stereocenters. The molecule has 30 valence electrons. The molecule has 0 saturated heterocycles. The molecule has 0 spiro atoms. The maximum absolute atomic E-state index is 9.37. The monoisotopic (exact) mass is 194 g/mol. The molecule has 0 amide bonds. The van der Waals surface area contributed by atoms with Gasteiger partial charge in [-0.25, -0.2) is 0 Å². The second-order valence-electron chi connectivity index (χ2n) is 0.272. The van der Waals surface area contributed by atoms with Crippen molar-refractivity contribution in [2.24, 2.45) is 0 Å². The summed E-state index contributed by atoms with van der Waals surface area (Å²) in [6.45, 7) is 0. The Morgan fingerprint density at radius 2 is 1.80 bits per heavy atom. The Hall–Kier alpha value is 0.728. The van der Waals surface area contributed by atoms with Crippen molar-refractivity contribution in [1.29, 1.82) is 0 Å². The molecule has 0 rings (SSSR count). The Kier molecular flexibility index (Phi) is 3.37. The fraction of sp³-hybridized carbons (Fsp3) is 0. The molecule has 0 aliphatic carbocycles. The Balaban J connectivity index is 5.08. The number of hydrogen-bond donors (Lipinski definition) is 0. The van der Waals surface area contributed by atoms with Crippen LogP contribution in [-0.2, 0) is 40.9 Å². The van der Waals surface area contributed by atoms with E-state index in [1.54, 1.807) is 0 Å². The van der Waals surface area contributed by atoms with E-state index in [4.69, 9.17) is 0 Å². The van der Waals surface area contributed by atoms with E-state index < -0.39 is 15.4 Å². The zero-order valence-electron chi connectivity index (χ0n) is 2.04. The van der Waals surface area contributed by atoms with E-state index in [2.05, 4.69) is 11.2 Å². The summed E-state index contributed by atoms with van der Waals surface area (Å²) in [4.78, 5) is 0. The van der Waals surface area contributed by atoms with Crippen LogP contribution in [0.3, 0.4) is 0 Å². The molecule has 0 radical (unpaired) electrons. The molecule has 5 heavy (non-hydrogen) atoms. The Labute approximate surface area is 41.0 Å². The summed E-state index contributed by atoms with van der Waals surface area (Å²) in [6.07, 6.45) is 0. The summed E-state index contributed by atoms with van der Waals surface area (Å²) in [5, 5.41) is 0. The first kappa shape index (κ1) is 5.73. The van der Waals surface area contributed by atoms with Crippen LogP contribution in [-0.4, -0.2) is 0 Å². The van der Waals surface area contributed by atoms with Crippen LogP contribution in [0.5, 0.6) is 0 Å².